The zero-order valence-electron chi connectivity index (χ0n) is 16.1. The Morgan fingerprint density at radius 1 is 0.828 bits per heavy atom. The summed E-state index contributed by atoms with van der Waals surface area (Å²) in [5.41, 5.74) is 3.32. The molecule has 4 aromatic rings. The number of nitrogens with one attached hydrogen (secondary N) is 1. The fourth-order valence-corrected chi connectivity index (χ4v) is 3.20. The Morgan fingerprint density at radius 3 is 2.10 bits per heavy atom. The molecule has 4 rings (SSSR count). The van der Waals surface area contributed by atoms with Crippen LogP contribution in [0.1, 0.15) is 0 Å². The monoisotopic (exact) mass is 410 g/mol. The van der Waals surface area contributed by atoms with Gasteiger partial charge in [0.1, 0.15) is 0 Å². The number of ether oxygens (including phenoxy) is 3. The first kappa shape index (κ1) is 18.9. The summed E-state index contributed by atoms with van der Waals surface area (Å²) in [4.78, 5) is 0. The number of benzene rings is 2. The zero-order chi connectivity index (χ0) is 20.4. The number of halogens is 1. The van der Waals surface area contributed by atoms with Gasteiger partial charge in [-0.1, -0.05) is 11.6 Å². The Labute approximate surface area is 172 Å². The molecule has 0 aliphatic rings. The van der Waals surface area contributed by atoms with Gasteiger partial charge in [0.05, 0.1) is 27.0 Å². The first-order valence-corrected chi connectivity index (χ1v) is 9.18. The average molecular weight is 411 g/mol. The van der Waals surface area contributed by atoms with Crippen LogP contribution < -0.4 is 19.5 Å². The molecule has 29 heavy (non-hydrogen) atoms. The average Bonchev–Trinajstić information content (AvgIpc) is 3.17. The molecular weight excluding hydrogens is 392 g/mol. The number of aromatic nitrogens is 3. The molecule has 1 N–H and O–H groups in total. The van der Waals surface area contributed by atoms with Crippen LogP contribution in [-0.4, -0.2) is 35.9 Å². The fourth-order valence-electron chi connectivity index (χ4n) is 3.07. The van der Waals surface area contributed by atoms with Gasteiger partial charge in [0.25, 0.3) is 0 Å². The summed E-state index contributed by atoms with van der Waals surface area (Å²) in [7, 11) is 4.73. The molecule has 0 aliphatic carbocycles. The Hall–Kier alpha value is -3.45. The molecule has 148 valence electrons. The summed E-state index contributed by atoms with van der Waals surface area (Å²) < 4.78 is 18.2. The van der Waals surface area contributed by atoms with Crippen LogP contribution in [0.3, 0.4) is 0 Å². The summed E-state index contributed by atoms with van der Waals surface area (Å²) in [6.07, 6.45) is 1.93. The molecule has 0 saturated carbocycles. The molecule has 0 unspecified atom stereocenters. The minimum absolute atomic E-state index is 0.526. The second kappa shape index (κ2) is 7.89. The van der Waals surface area contributed by atoms with E-state index < -0.39 is 0 Å². The summed E-state index contributed by atoms with van der Waals surface area (Å²) in [5.74, 6) is 2.28. The maximum absolute atomic E-state index is 5.96. The van der Waals surface area contributed by atoms with Crippen molar-refractivity contribution in [3.63, 3.8) is 0 Å². The third kappa shape index (κ3) is 3.64. The van der Waals surface area contributed by atoms with Crippen LogP contribution in [0.15, 0.2) is 54.7 Å². The Kier molecular flexibility index (Phi) is 5.14. The largest absolute Gasteiger partial charge is 0.493 e. The van der Waals surface area contributed by atoms with Crippen LogP contribution in [0.5, 0.6) is 17.2 Å². The molecule has 2 heterocycles. The smallest absolute Gasteiger partial charge is 0.203 e. The van der Waals surface area contributed by atoms with Gasteiger partial charge in [-0.05, 0) is 48.5 Å². The highest BCUT2D eigenvalue weighted by molar-refractivity contribution is 6.30. The molecule has 0 amide bonds. The van der Waals surface area contributed by atoms with Gasteiger partial charge in [0.2, 0.25) is 5.75 Å². The van der Waals surface area contributed by atoms with Crippen LogP contribution in [0.4, 0.5) is 11.4 Å². The topological polar surface area (TPSA) is 69.9 Å². The van der Waals surface area contributed by atoms with E-state index in [0.717, 1.165) is 22.6 Å². The first-order valence-electron chi connectivity index (χ1n) is 8.80. The van der Waals surface area contributed by atoms with Crippen LogP contribution in [0, 0.1) is 0 Å². The highest BCUT2D eigenvalue weighted by Gasteiger charge is 2.17. The number of rotatable bonds is 6. The lowest BCUT2D eigenvalue weighted by Crippen LogP contribution is -1.98. The van der Waals surface area contributed by atoms with Crippen molar-refractivity contribution >= 4 is 28.6 Å². The third-order valence-corrected chi connectivity index (χ3v) is 4.71. The predicted octanol–water partition coefficient (Wildman–Crippen LogP) is 4.82. The van der Waals surface area contributed by atoms with E-state index in [4.69, 9.17) is 25.8 Å². The second-order valence-corrected chi connectivity index (χ2v) is 6.65. The van der Waals surface area contributed by atoms with E-state index in [1.54, 1.807) is 21.3 Å². The third-order valence-electron chi connectivity index (χ3n) is 4.46. The fraction of sp³-hybridized carbons (Fsp3) is 0.143. The molecule has 0 fully saturated rings. The summed E-state index contributed by atoms with van der Waals surface area (Å²) in [6.45, 7) is 0. The number of pyridine rings is 1. The number of methoxy groups -OCH3 is 3. The molecule has 0 radical (unpaired) electrons. The van der Waals surface area contributed by atoms with E-state index in [1.165, 1.54) is 0 Å². The number of hydrogen-bond acceptors (Lipinski definition) is 6. The van der Waals surface area contributed by atoms with Gasteiger partial charge in [-0.2, -0.15) is 0 Å². The van der Waals surface area contributed by atoms with Gasteiger partial charge in [0.15, 0.2) is 23.0 Å². The van der Waals surface area contributed by atoms with Crippen LogP contribution in [-0.2, 0) is 0 Å². The van der Waals surface area contributed by atoms with Gasteiger partial charge in [-0.15, -0.1) is 10.2 Å². The van der Waals surface area contributed by atoms with Gasteiger partial charge in [-0.3, -0.25) is 4.40 Å². The predicted molar refractivity (Wildman–Crippen MR) is 113 cm³/mol. The van der Waals surface area contributed by atoms with Crippen molar-refractivity contribution in [2.24, 2.45) is 0 Å². The Balaban J connectivity index is 1.77. The summed E-state index contributed by atoms with van der Waals surface area (Å²) in [6, 6.07) is 15.0. The van der Waals surface area contributed by atoms with Gasteiger partial charge in [-0.25, -0.2) is 0 Å². The molecule has 0 aliphatic heterocycles. The lowest BCUT2D eigenvalue weighted by Gasteiger charge is -2.13. The molecule has 0 bridgehead atoms. The van der Waals surface area contributed by atoms with Crippen molar-refractivity contribution < 1.29 is 14.2 Å². The van der Waals surface area contributed by atoms with Crippen molar-refractivity contribution in [2.75, 3.05) is 26.6 Å². The maximum Gasteiger partial charge on any atom is 0.203 e. The van der Waals surface area contributed by atoms with E-state index >= 15 is 0 Å². The van der Waals surface area contributed by atoms with Gasteiger partial charge >= 0.3 is 0 Å². The van der Waals surface area contributed by atoms with E-state index in [0.29, 0.717) is 28.1 Å². The van der Waals surface area contributed by atoms with E-state index in [1.807, 2.05) is 59.1 Å². The second-order valence-electron chi connectivity index (χ2n) is 6.22. The van der Waals surface area contributed by atoms with Crippen molar-refractivity contribution in [2.45, 2.75) is 0 Å². The number of fused-ring (bicyclic) bond motifs is 1. The van der Waals surface area contributed by atoms with Gasteiger partial charge < -0.3 is 19.5 Å². The summed E-state index contributed by atoms with van der Waals surface area (Å²) >= 11 is 5.96. The minimum atomic E-state index is 0.526. The molecule has 0 spiro atoms. The van der Waals surface area contributed by atoms with Gasteiger partial charge in [0, 0.05) is 22.5 Å². The lowest BCUT2D eigenvalue weighted by atomic mass is 10.1. The Morgan fingerprint density at radius 2 is 1.48 bits per heavy atom. The SMILES string of the molecule is COc1cc(-c2nnc3ccc(Nc4ccc(Cl)cc4)cn23)cc(OC)c1OC. The molecule has 8 heteroatoms. The van der Waals surface area contributed by atoms with Crippen LogP contribution >= 0.6 is 11.6 Å². The van der Waals surface area contributed by atoms with Crippen molar-refractivity contribution in [1.29, 1.82) is 0 Å². The minimum Gasteiger partial charge on any atom is -0.493 e. The zero-order valence-corrected chi connectivity index (χ0v) is 16.9. The normalized spacial score (nSPS) is 10.8. The molecule has 7 nitrogen and oxygen atoms in total. The number of hydrogen-bond donors (Lipinski definition) is 1. The van der Waals surface area contributed by atoms with Crippen LogP contribution in [0.2, 0.25) is 5.02 Å². The van der Waals surface area contributed by atoms with E-state index in [2.05, 4.69) is 15.5 Å². The van der Waals surface area contributed by atoms with E-state index in [-0.39, 0.29) is 0 Å². The molecule has 0 saturated heterocycles. The molecular formula is C21H19ClN4O3. The molecule has 2 aromatic carbocycles. The van der Waals surface area contributed by atoms with E-state index in [9.17, 15) is 0 Å². The van der Waals surface area contributed by atoms with Crippen molar-refractivity contribution in [3.8, 4) is 28.6 Å². The Bertz CT molecular complexity index is 1130. The highest BCUT2D eigenvalue weighted by Crippen LogP contribution is 2.41. The first-order chi connectivity index (χ1) is 14.1. The highest BCUT2D eigenvalue weighted by atomic mass is 35.5. The summed E-state index contributed by atoms with van der Waals surface area (Å²) in [5, 5.41) is 12.7. The maximum atomic E-state index is 5.96. The molecule has 0 atom stereocenters. The number of anilines is 2. The quantitative estimate of drug-likeness (QED) is 0.491. The van der Waals surface area contributed by atoms with Crippen molar-refractivity contribution in [1.82, 2.24) is 14.6 Å². The van der Waals surface area contributed by atoms with Crippen molar-refractivity contribution in [3.05, 3.63) is 59.8 Å². The molecule has 2 aromatic heterocycles. The standard InChI is InChI=1S/C21H19ClN4O3/c1-27-17-10-13(11-18(28-2)20(17)29-3)21-25-24-19-9-8-16(12-26(19)21)23-15-6-4-14(22)5-7-15/h4-12,23H,1-3H3. The number of nitrogens with zero attached hydrogens (tertiary/aromatic N) is 3. The lowest BCUT2D eigenvalue weighted by molar-refractivity contribution is 0.324. The van der Waals surface area contributed by atoms with Crippen LogP contribution in [0.25, 0.3) is 17.0 Å².